The first-order valence-electron chi connectivity index (χ1n) is 20.1. The Balaban J connectivity index is 1.25. The topological polar surface area (TPSA) is 88.8 Å². The number of amides is 1. The molecule has 3 aliphatic rings. The third kappa shape index (κ3) is 8.07. The van der Waals surface area contributed by atoms with Gasteiger partial charge in [-0.3, -0.25) is 4.79 Å². The maximum absolute atomic E-state index is 14.1. The van der Waals surface area contributed by atoms with Crippen LogP contribution in [0.4, 0.5) is 11.5 Å². The SMILES string of the molecule is C=C(CO[Si](C(C)C)(C(C)C)C(C)C)C(=O)N1CCN(c2nc(CC[C@@H]3CCCN3C)nc3c2CCN(c2cccc4cccc(Cl)c24)C3)C[C@@H]1CC#N. The highest BCUT2D eigenvalue weighted by Gasteiger charge is 2.45. The molecule has 9 nitrogen and oxygen atoms in total. The fourth-order valence-electron chi connectivity index (χ4n) is 9.79. The lowest BCUT2D eigenvalue weighted by molar-refractivity contribution is -0.130. The fraction of sp³-hybridized carbons (Fsp3) is 0.581. The predicted molar refractivity (Wildman–Crippen MR) is 224 cm³/mol. The number of carbonyl (C=O) groups is 1. The smallest absolute Gasteiger partial charge is 0.251 e. The van der Waals surface area contributed by atoms with E-state index in [1.807, 2.05) is 17.0 Å². The Labute approximate surface area is 329 Å². The molecule has 0 saturated carbocycles. The maximum Gasteiger partial charge on any atom is 0.251 e. The van der Waals surface area contributed by atoms with Gasteiger partial charge in [-0.15, -0.1) is 0 Å². The Morgan fingerprint density at radius 1 is 1.00 bits per heavy atom. The van der Waals surface area contributed by atoms with Gasteiger partial charge in [0.05, 0.1) is 42.4 Å². The first kappa shape index (κ1) is 40.2. The number of anilines is 2. The minimum absolute atomic E-state index is 0.107. The minimum atomic E-state index is -2.17. The summed E-state index contributed by atoms with van der Waals surface area (Å²) in [4.78, 5) is 33.7. The maximum atomic E-state index is 14.1. The van der Waals surface area contributed by atoms with E-state index in [4.69, 9.17) is 26.0 Å². The van der Waals surface area contributed by atoms with Gasteiger partial charge in [0.1, 0.15) is 11.6 Å². The van der Waals surface area contributed by atoms with Gasteiger partial charge in [0.2, 0.25) is 8.32 Å². The molecule has 2 atom stereocenters. The number of aromatic nitrogens is 2. The number of fused-ring (bicyclic) bond motifs is 2. The standard InChI is InChI=1S/C43H60ClN7O2Si/c1-29(2)54(30(3)4,31(5)6)53-28-32(7)43(52)51-25-24-50(26-35(51)19-21-45)42-36-20-23-49(39-16-10-13-33-12-9-15-37(44)41(33)39)27-38(36)46-40(47-42)18-17-34-14-11-22-48(34)8/h9-10,12-13,15-16,29-31,34-35H,7,11,14,17-20,22-28H2,1-6,8H3/t34-,35-/m0/s1. The van der Waals surface area contributed by atoms with Gasteiger partial charge in [0.15, 0.2) is 0 Å². The number of piperazine rings is 1. The van der Waals surface area contributed by atoms with Crippen LogP contribution in [0.15, 0.2) is 48.6 Å². The van der Waals surface area contributed by atoms with E-state index in [9.17, 15) is 10.1 Å². The summed E-state index contributed by atoms with van der Waals surface area (Å²) in [5.74, 6) is 1.73. The highest BCUT2D eigenvalue weighted by Crippen LogP contribution is 2.43. The summed E-state index contributed by atoms with van der Waals surface area (Å²) in [5, 5.41) is 12.9. The van der Waals surface area contributed by atoms with Crippen molar-refractivity contribution in [1.29, 1.82) is 5.26 Å². The van der Waals surface area contributed by atoms with Gasteiger partial charge < -0.3 is 24.0 Å². The molecule has 3 aliphatic heterocycles. The lowest BCUT2D eigenvalue weighted by atomic mass is 10.00. The number of hydrogen-bond acceptors (Lipinski definition) is 8. The van der Waals surface area contributed by atoms with Crippen molar-refractivity contribution < 1.29 is 9.22 Å². The van der Waals surface area contributed by atoms with E-state index in [1.165, 1.54) is 18.4 Å². The number of rotatable bonds is 13. The van der Waals surface area contributed by atoms with Crippen LogP contribution < -0.4 is 9.80 Å². The quantitative estimate of drug-likeness (QED) is 0.126. The highest BCUT2D eigenvalue weighted by atomic mass is 35.5. The van der Waals surface area contributed by atoms with Crippen molar-refractivity contribution in [2.75, 3.05) is 56.2 Å². The number of hydrogen-bond donors (Lipinski definition) is 0. The van der Waals surface area contributed by atoms with Crippen LogP contribution in [0, 0.1) is 11.3 Å². The molecule has 0 N–H and O–H groups in total. The summed E-state index contributed by atoms with van der Waals surface area (Å²) >= 11 is 6.79. The number of aryl methyl sites for hydroxylation is 1. The number of benzene rings is 2. The Morgan fingerprint density at radius 2 is 1.72 bits per heavy atom. The minimum Gasteiger partial charge on any atom is -0.412 e. The lowest BCUT2D eigenvalue weighted by Gasteiger charge is -2.44. The summed E-state index contributed by atoms with van der Waals surface area (Å²) in [5.41, 5.74) is 5.06. The summed E-state index contributed by atoms with van der Waals surface area (Å²) < 4.78 is 6.77. The fourth-order valence-corrected chi connectivity index (χ4v) is 15.5. The molecule has 2 fully saturated rings. The zero-order valence-corrected chi connectivity index (χ0v) is 35.3. The Hall–Kier alpha value is -3.49. The van der Waals surface area contributed by atoms with E-state index in [0.717, 1.165) is 71.2 Å². The van der Waals surface area contributed by atoms with Gasteiger partial charge >= 0.3 is 0 Å². The number of halogens is 1. The Morgan fingerprint density at radius 3 is 2.39 bits per heavy atom. The zero-order chi connectivity index (χ0) is 38.7. The molecule has 1 aromatic heterocycles. The van der Waals surface area contributed by atoms with E-state index in [2.05, 4.69) is 100 Å². The molecule has 0 aliphatic carbocycles. The number of carbonyl (C=O) groups excluding carboxylic acids is 1. The molecule has 54 heavy (non-hydrogen) atoms. The summed E-state index contributed by atoms with van der Waals surface area (Å²) in [7, 11) is 0.0459. The molecule has 6 rings (SSSR count). The van der Waals surface area contributed by atoms with E-state index in [0.29, 0.717) is 54.4 Å². The first-order chi connectivity index (χ1) is 25.8. The average molecular weight is 771 g/mol. The van der Waals surface area contributed by atoms with E-state index >= 15 is 0 Å². The summed E-state index contributed by atoms with van der Waals surface area (Å²) in [6.45, 7) is 22.2. The molecule has 0 bridgehead atoms. The molecular weight excluding hydrogens is 710 g/mol. The molecule has 0 unspecified atom stereocenters. The van der Waals surface area contributed by atoms with Crippen molar-refractivity contribution in [1.82, 2.24) is 19.8 Å². The average Bonchev–Trinajstić information content (AvgIpc) is 3.57. The molecular formula is C43H60ClN7O2Si. The molecule has 0 spiro atoms. The van der Waals surface area contributed by atoms with Gasteiger partial charge in [-0.1, -0.05) is 84.0 Å². The van der Waals surface area contributed by atoms with Gasteiger partial charge in [0, 0.05) is 60.9 Å². The molecule has 3 aromatic rings. The van der Waals surface area contributed by atoms with Crippen LogP contribution in [0.2, 0.25) is 21.6 Å². The highest BCUT2D eigenvalue weighted by molar-refractivity contribution is 6.77. The van der Waals surface area contributed by atoms with E-state index in [1.54, 1.807) is 0 Å². The van der Waals surface area contributed by atoms with Gasteiger partial charge in [0.25, 0.3) is 5.91 Å². The molecule has 4 heterocycles. The van der Waals surface area contributed by atoms with Crippen LogP contribution in [0.1, 0.15) is 84.3 Å². The van der Waals surface area contributed by atoms with Crippen LogP contribution >= 0.6 is 11.6 Å². The predicted octanol–water partition coefficient (Wildman–Crippen LogP) is 8.55. The largest absolute Gasteiger partial charge is 0.412 e. The normalized spacial score (nSPS) is 19.6. The zero-order valence-electron chi connectivity index (χ0n) is 33.6. The second-order valence-corrected chi connectivity index (χ2v) is 22.5. The van der Waals surface area contributed by atoms with Crippen LogP contribution in [0.5, 0.6) is 0 Å². The van der Waals surface area contributed by atoms with Gasteiger partial charge in [-0.05, 0) is 73.4 Å². The van der Waals surface area contributed by atoms with Crippen molar-refractivity contribution in [3.8, 4) is 6.07 Å². The van der Waals surface area contributed by atoms with Crippen molar-refractivity contribution >= 4 is 48.1 Å². The van der Waals surface area contributed by atoms with Gasteiger partial charge in [-0.2, -0.15) is 5.26 Å². The van der Waals surface area contributed by atoms with Crippen LogP contribution in [-0.4, -0.2) is 92.5 Å². The van der Waals surface area contributed by atoms with Crippen LogP contribution in [0.25, 0.3) is 10.8 Å². The molecule has 2 aromatic carbocycles. The Kier molecular flexibility index (Phi) is 12.7. The Bertz CT molecular complexity index is 1850. The number of nitriles is 1. The second kappa shape index (κ2) is 17.1. The molecule has 11 heteroatoms. The molecule has 290 valence electrons. The second-order valence-electron chi connectivity index (χ2n) is 16.7. The lowest BCUT2D eigenvalue weighted by Crippen LogP contribution is -2.56. The van der Waals surface area contributed by atoms with Crippen LogP contribution in [0.3, 0.4) is 0 Å². The van der Waals surface area contributed by atoms with E-state index < -0.39 is 8.32 Å². The first-order valence-corrected chi connectivity index (χ1v) is 22.6. The van der Waals surface area contributed by atoms with Gasteiger partial charge in [-0.25, -0.2) is 9.97 Å². The molecule has 0 radical (unpaired) electrons. The van der Waals surface area contributed by atoms with Crippen molar-refractivity contribution in [2.45, 2.75) is 115 Å². The molecule has 2 saturated heterocycles. The van der Waals surface area contributed by atoms with Crippen molar-refractivity contribution in [2.24, 2.45) is 0 Å². The summed E-state index contributed by atoms with van der Waals surface area (Å²) in [6.07, 6.45) is 5.31. The molecule has 1 amide bonds. The van der Waals surface area contributed by atoms with Crippen LogP contribution in [-0.2, 0) is 28.6 Å². The van der Waals surface area contributed by atoms with E-state index in [-0.39, 0.29) is 25.0 Å². The van der Waals surface area contributed by atoms with Crippen molar-refractivity contribution in [3.63, 3.8) is 0 Å². The number of nitrogens with zero attached hydrogens (tertiary/aromatic N) is 7. The monoisotopic (exact) mass is 769 g/mol. The third-order valence-electron chi connectivity index (χ3n) is 12.5. The van der Waals surface area contributed by atoms with Crippen molar-refractivity contribution in [3.05, 3.63) is 70.7 Å². The number of likely N-dealkylation sites (tertiary alicyclic amines) is 1. The summed E-state index contributed by atoms with van der Waals surface area (Å²) in [6, 6.07) is 15.1. The third-order valence-corrected chi connectivity index (χ3v) is 18.9.